The second-order valence-electron chi connectivity index (χ2n) is 2.35. The Morgan fingerprint density at radius 3 is 2.08 bits per heavy atom. The van der Waals surface area contributed by atoms with Gasteiger partial charge in [0, 0.05) is 0 Å². The molecule has 0 aliphatic heterocycles. The van der Waals surface area contributed by atoms with Gasteiger partial charge in [-0.2, -0.15) is 0 Å². The molecule has 74 valence electrons. The maximum atomic E-state index is 10.8. The van der Waals surface area contributed by atoms with Crippen LogP contribution in [0.1, 0.15) is 6.42 Å². The van der Waals surface area contributed by atoms with Crippen molar-refractivity contribution in [1.29, 1.82) is 0 Å². The zero-order valence-electron chi connectivity index (χ0n) is 6.86. The van der Waals surface area contributed by atoms with Crippen LogP contribution in [0.3, 0.4) is 0 Å². The molecule has 0 bridgehead atoms. The zero-order chi connectivity index (χ0) is 10.4. The molecule has 7 nitrogen and oxygen atoms in total. The first-order chi connectivity index (χ1) is 5.93. The van der Waals surface area contributed by atoms with Gasteiger partial charge >= 0.3 is 5.97 Å². The number of rotatable bonds is 5. The summed E-state index contributed by atoms with van der Waals surface area (Å²) in [5.41, 5.74) is 14.6. The number of nitrogens with two attached hydrogens (primary N) is 3. The lowest BCUT2D eigenvalue weighted by Gasteiger charge is -2.07. The molecule has 0 heterocycles. The molecule has 0 fully saturated rings. The number of carbonyl (C=O) groups is 3. The first-order valence-electron chi connectivity index (χ1n) is 3.42. The van der Waals surface area contributed by atoms with Gasteiger partial charge in [-0.1, -0.05) is 0 Å². The van der Waals surface area contributed by atoms with Crippen LogP contribution in [0.5, 0.6) is 0 Å². The lowest BCUT2D eigenvalue weighted by Crippen LogP contribution is -2.37. The smallest absolute Gasteiger partial charge is 0.323 e. The molecule has 2 amide bonds. The molecule has 0 saturated heterocycles. The van der Waals surface area contributed by atoms with E-state index in [0.29, 0.717) is 0 Å². The zero-order valence-corrected chi connectivity index (χ0v) is 6.86. The van der Waals surface area contributed by atoms with Crippen LogP contribution in [0.4, 0.5) is 0 Å². The Kier molecular flexibility index (Phi) is 4.45. The van der Waals surface area contributed by atoms with Crippen LogP contribution in [0.15, 0.2) is 0 Å². The molecule has 0 rings (SSSR count). The highest BCUT2D eigenvalue weighted by atomic mass is 16.5. The van der Waals surface area contributed by atoms with Crippen LogP contribution in [0.25, 0.3) is 0 Å². The third-order valence-electron chi connectivity index (χ3n) is 1.08. The number of primary amides is 2. The van der Waals surface area contributed by atoms with Crippen LogP contribution < -0.4 is 17.2 Å². The topological polar surface area (TPSA) is 138 Å². The number of ether oxygens (including phenoxy) is 1. The second-order valence-corrected chi connectivity index (χ2v) is 2.35. The van der Waals surface area contributed by atoms with Gasteiger partial charge in [-0.15, -0.1) is 0 Å². The Morgan fingerprint density at radius 2 is 1.69 bits per heavy atom. The lowest BCUT2D eigenvalue weighted by atomic mass is 10.2. The molecule has 0 spiro atoms. The summed E-state index contributed by atoms with van der Waals surface area (Å²) in [5, 5.41) is 0. The van der Waals surface area contributed by atoms with E-state index in [9.17, 15) is 14.4 Å². The molecule has 0 saturated carbocycles. The normalized spacial score (nSPS) is 11.8. The Labute approximate surface area is 74.2 Å². The van der Waals surface area contributed by atoms with Crippen LogP contribution in [-0.2, 0) is 19.1 Å². The highest BCUT2D eigenvalue weighted by Gasteiger charge is 2.17. The Hall–Kier alpha value is -1.63. The maximum absolute atomic E-state index is 10.8. The first-order valence-corrected chi connectivity index (χ1v) is 3.42. The van der Waals surface area contributed by atoms with Crippen molar-refractivity contribution in [3.05, 3.63) is 0 Å². The predicted octanol–water partition coefficient (Wildman–Crippen LogP) is -2.78. The van der Waals surface area contributed by atoms with E-state index < -0.39 is 30.4 Å². The van der Waals surface area contributed by atoms with Gasteiger partial charge in [-0.25, -0.2) is 0 Å². The molecule has 0 radical (unpaired) electrons. The van der Waals surface area contributed by atoms with E-state index in [1.165, 1.54) is 0 Å². The molecule has 0 aromatic carbocycles. The summed E-state index contributed by atoms with van der Waals surface area (Å²) in [6.07, 6.45) is -0.322. The van der Waals surface area contributed by atoms with Gasteiger partial charge in [-0.05, 0) is 0 Å². The molecule has 7 heteroatoms. The van der Waals surface area contributed by atoms with E-state index >= 15 is 0 Å². The fourth-order valence-corrected chi connectivity index (χ4v) is 0.549. The van der Waals surface area contributed by atoms with Crippen molar-refractivity contribution in [3.8, 4) is 0 Å². The molecule has 13 heavy (non-hydrogen) atoms. The predicted molar refractivity (Wildman–Crippen MR) is 41.9 cm³/mol. The van der Waals surface area contributed by atoms with Crippen molar-refractivity contribution >= 4 is 17.8 Å². The molecule has 0 aliphatic rings. The minimum atomic E-state index is -1.14. The molecule has 0 aromatic heterocycles. The summed E-state index contributed by atoms with van der Waals surface area (Å²) in [5.74, 6) is -2.39. The molecule has 0 aromatic rings. The van der Waals surface area contributed by atoms with Gasteiger partial charge in [0.15, 0.2) is 6.61 Å². The molecule has 6 N–H and O–H groups in total. The summed E-state index contributed by atoms with van der Waals surface area (Å²) in [6.45, 7) is -0.550. The van der Waals surface area contributed by atoms with Crippen molar-refractivity contribution < 1.29 is 19.1 Å². The van der Waals surface area contributed by atoms with Gasteiger partial charge in [0.25, 0.3) is 5.91 Å². The molecular formula is C6H11N3O4. The SMILES string of the molecule is NC(=O)COC(=O)[C@@H](N)CC(N)=O. The highest BCUT2D eigenvalue weighted by Crippen LogP contribution is 1.90. The minimum Gasteiger partial charge on any atom is -0.454 e. The summed E-state index contributed by atoms with van der Waals surface area (Å²) < 4.78 is 4.32. The van der Waals surface area contributed by atoms with Gasteiger partial charge < -0.3 is 21.9 Å². The van der Waals surface area contributed by atoms with Crippen molar-refractivity contribution in [1.82, 2.24) is 0 Å². The standard InChI is InChI=1S/C6H11N3O4/c7-3(1-4(8)10)6(12)13-2-5(9)11/h3H,1-2,7H2,(H2,8,10)(H2,9,11)/t3-/m0/s1. The fourth-order valence-electron chi connectivity index (χ4n) is 0.549. The summed E-state index contributed by atoms with van der Waals surface area (Å²) in [6, 6.07) is -1.14. The summed E-state index contributed by atoms with van der Waals surface area (Å²) in [4.78, 5) is 31.3. The summed E-state index contributed by atoms with van der Waals surface area (Å²) >= 11 is 0. The fraction of sp³-hybridized carbons (Fsp3) is 0.500. The van der Waals surface area contributed by atoms with Gasteiger partial charge in [0.1, 0.15) is 6.04 Å². The largest absolute Gasteiger partial charge is 0.454 e. The molecule has 0 aliphatic carbocycles. The van der Waals surface area contributed by atoms with Crippen molar-refractivity contribution in [2.75, 3.05) is 6.61 Å². The highest BCUT2D eigenvalue weighted by molar-refractivity contribution is 5.85. The molecule has 1 atom stereocenters. The minimum absolute atomic E-state index is 0.322. The average Bonchev–Trinajstić information content (AvgIpc) is 1.98. The van der Waals surface area contributed by atoms with Crippen LogP contribution in [-0.4, -0.2) is 30.4 Å². The van der Waals surface area contributed by atoms with Gasteiger partial charge in [0.05, 0.1) is 6.42 Å². The second kappa shape index (κ2) is 5.09. The average molecular weight is 189 g/mol. The molecule has 0 unspecified atom stereocenters. The van der Waals surface area contributed by atoms with E-state index in [2.05, 4.69) is 4.74 Å². The number of amides is 2. The quantitative estimate of drug-likeness (QED) is 0.401. The first kappa shape index (κ1) is 11.4. The van der Waals surface area contributed by atoms with Crippen LogP contribution in [0.2, 0.25) is 0 Å². The number of carbonyl (C=O) groups excluding carboxylic acids is 3. The van der Waals surface area contributed by atoms with Gasteiger partial charge in [-0.3, -0.25) is 14.4 Å². The number of esters is 1. The Balaban J connectivity index is 3.82. The van der Waals surface area contributed by atoms with Crippen molar-refractivity contribution in [3.63, 3.8) is 0 Å². The van der Waals surface area contributed by atoms with E-state index in [1.54, 1.807) is 0 Å². The van der Waals surface area contributed by atoms with Gasteiger partial charge in [0.2, 0.25) is 5.91 Å². The maximum Gasteiger partial charge on any atom is 0.323 e. The lowest BCUT2D eigenvalue weighted by molar-refractivity contribution is -0.149. The number of hydrogen-bond acceptors (Lipinski definition) is 5. The van der Waals surface area contributed by atoms with Crippen molar-refractivity contribution in [2.45, 2.75) is 12.5 Å². The van der Waals surface area contributed by atoms with E-state index in [0.717, 1.165) is 0 Å². The molecular weight excluding hydrogens is 178 g/mol. The van der Waals surface area contributed by atoms with Crippen LogP contribution >= 0.6 is 0 Å². The van der Waals surface area contributed by atoms with E-state index in [1.807, 2.05) is 0 Å². The van der Waals surface area contributed by atoms with E-state index in [-0.39, 0.29) is 6.42 Å². The Bertz CT molecular complexity index is 228. The van der Waals surface area contributed by atoms with E-state index in [4.69, 9.17) is 17.2 Å². The third-order valence-corrected chi connectivity index (χ3v) is 1.08. The monoisotopic (exact) mass is 189 g/mol. The summed E-state index contributed by atoms with van der Waals surface area (Å²) in [7, 11) is 0. The number of hydrogen-bond donors (Lipinski definition) is 3. The van der Waals surface area contributed by atoms with Crippen LogP contribution in [0, 0.1) is 0 Å². The van der Waals surface area contributed by atoms with Crippen molar-refractivity contribution in [2.24, 2.45) is 17.2 Å². The third kappa shape index (κ3) is 5.62. The Morgan fingerprint density at radius 1 is 1.15 bits per heavy atom.